The summed E-state index contributed by atoms with van der Waals surface area (Å²) in [5.41, 5.74) is 7.66. The molecule has 1 rings (SSSR count). The predicted molar refractivity (Wildman–Crippen MR) is 66.4 cm³/mol. The highest BCUT2D eigenvalue weighted by Crippen LogP contribution is 2.19. The standard InChI is InChI=1S/C13H16N2O3/c1-2-10(12(14)16)11(13(17)15-18)8-9-6-4-3-5-7-9/h2-7,10-11,18H,1,8H2,(H2,14,16)(H,15,17)/t10?,11-/m0/s1. The lowest BCUT2D eigenvalue weighted by Crippen LogP contribution is -2.39. The fourth-order valence-electron chi connectivity index (χ4n) is 1.81. The van der Waals surface area contributed by atoms with Crippen molar-refractivity contribution in [3.63, 3.8) is 0 Å². The third-order valence-corrected chi connectivity index (χ3v) is 2.76. The van der Waals surface area contributed by atoms with Crippen LogP contribution in [0.1, 0.15) is 5.56 Å². The number of carbonyl (C=O) groups is 2. The second kappa shape index (κ2) is 6.56. The van der Waals surface area contributed by atoms with Gasteiger partial charge in [0.25, 0.3) is 0 Å². The highest BCUT2D eigenvalue weighted by Gasteiger charge is 2.30. The van der Waals surface area contributed by atoms with Crippen LogP contribution in [0, 0.1) is 11.8 Å². The van der Waals surface area contributed by atoms with E-state index in [9.17, 15) is 9.59 Å². The Labute approximate surface area is 105 Å². The molecule has 2 atom stereocenters. The van der Waals surface area contributed by atoms with Crippen LogP contribution in [-0.2, 0) is 16.0 Å². The molecule has 0 radical (unpaired) electrons. The van der Waals surface area contributed by atoms with Crippen molar-refractivity contribution in [3.05, 3.63) is 48.6 Å². The number of primary amides is 1. The van der Waals surface area contributed by atoms with E-state index < -0.39 is 23.7 Å². The molecular weight excluding hydrogens is 232 g/mol. The van der Waals surface area contributed by atoms with Crippen LogP contribution in [0.25, 0.3) is 0 Å². The van der Waals surface area contributed by atoms with Gasteiger partial charge < -0.3 is 5.73 Å². The van der Waals surface area contributed by atoms with Crippen molar-refractivity contribution in [1.82, 2.24) is 5.48 Å². The van der Waals surface area contributed by atoms with E-state index in [1.165, 1.54) is 6.08 Å². The van der Waals surface area contributed by atoms with Gasteiger partial charge in [-0.1, -0.05) is 36.4 Å². The fourth-order valence-corrected chi connectivity index (χ4v) is 1.81. The first kappa shape index (κ1) is 13.9. The van der Waals surface area contributed by atoms with E-state index in [2.05, 4.69) is 6.58 Å². The van der Waals surface area contributed by atoms with Gasteiger partial charge in [-0.15, -0.1) is 6.58 Å². The summed E-state index contributed by atoms with van der Waals surface area (Å²) in [5, 5.41) is 8.72. The Kier molecular flexibility index (Phi) is 5.07. The molecule has 0 aliphatic rings. The molecule has 0 spiro atoms. The molecule has 0 fully saturated rings. The zero-order chi connectivity index (χ0) is 13.5. The maximum Gasteiger partial charge on any atom is 0.247 e. The van der Waals surface area contributed by atoms with E-state index in [0.717, 1.165) is 5.56 Å². The van der Waals surface area contributed by atoms with Crippen LogP contribution in [-0.4, -0.2) is 17.0 Å². The monoisotopic (exact) mass is 248 g/mol. The minimum atomic E-state index is -0.822. The van der Waals surface area contributed by atoms with Gasteiger partial charge >= 0.3 is 0 Å². The van der Waals surface area contributed by atoms with Crippen LogP contribution in [0.4, 0.5) is 0 Å². The maximum atomic E-state index is 11.6. The van der Waals surface area contributed by atoms with Crippen LogP contribution < -0.4 is 11.2 Å². The molecule has 18 heavy (non-hydrogen) atoms. The van der Waals surface area contributed by atoms with Gasteiger partial charge in [0.2, 0.25) is 11.8 Å². The van der Waals surface area contributed by atoms with Gasteiger partial charge in [0, 0.05) is 0 Å². The van der Waals surface area contributed by atoms with Crippen molar-refractivity contribution in [1.29, 1.82) is 0 Å². The molecule has 1 aromatic carbocycles. The smallest absolute Gasteiger partial charge is 0.247 e. The van der Waals surface area contributed by atoms with Crippen molar-refractivity contribution >= 4 is 11.8 Å². The number of hydrogen-bond donors (Lipinski definition) is 3. The minimum absolute atomic E-state index is 0.298. The number of benzene rings is 1. The Morgan fingerprint density at radius 2 is 2.00 bits per heavy atom. The highest BCUT2D eigenvalue weighted by atomic mass is 16.5. The van der Waals surface area contributed by atoms with Crippen LogP contribution >= 0.6 is 0 Å². The average Bonchev–Trinajstić information content (AvgIpc) is 2.38. The van der Waals surface area contributed by atoms with E-state index >= 15 is 0 Å². The Bertz CT molecular complexity index is 431. The number of amides is 2. The van der Waals surface area contributed by atoms with Gasteiger partial charge in [-0.3, -0.25) is 14.8 Å². The third kappa shape index (κ3) is 3.43. The Balaban J connectivity index is 2.95. The highest BCUT2D eigenvalue weighted by molar-refractivity contribution is 5.87. The summed E-state index contributed by atoms with van der Waals surface area (Å²) in [6.07, 6.45) is 1.62. The van der Waals surface area contributed by atoms with E-state index in [-0.39, 0.29) is 0 Å². The van der Waals surface area contributed by atoms with Crippen LogP contribution in [0.5, 0.6) is 0 Å². The zero-order valence-electron chi connectivity index (χ0n) is 9.87. The SMILES string of the molecule is C=CC(C(N)=O)[C@H](Cc1ccccc1)C(=O)NO. The molecule has 2 amide bonds. The Morgan fingerprint density at radius 1 is 1.39 bits per heavy atom. The average molecular weight is 248 g/mol. The second-order valence-electron chi connectivity index (χ2n) is 3.94. The quantitative estimate of drug-likeness (QED) is 0.392. The zero-order valence-corrected chi connectivity index (χ0v) is 9.87. The molecule has 0 saturated heterocycles. The molecule has 0 aliphatic carbocycles. The van der Waals surface area contributed by atoms with Crippen molar-refractivity contribution in [2.45, 2.75) is 6.42 Å². The number of hydroxylamine groups is 1. The molecular formula is C13H16N2O3. The lowest BCUT2D eigenvalue weighted by atomic mass is 9.85. The van der Waals surface area contributed by atoms with Crippen molar-refractivity contribution in [3.8, 4) is 0 Å². The Hall–Kier alpha value is -2.14. The van der Waals surface area contributed by atoms with Crippen LogP contribution in [0.2, 0.25) is 0 Å². The number of nitrogens with one attached hydrogen (secondary N) is 1. The van der Waals surface area contributed by atoms with Crippen molar-refractivity contribution in [2.75, 3.05) is 0 Å². The van der Waals surface area contributed by atoms with Gasteiger partial charge in [0.05, 0.1) is 11.8 Å². The molecule has 5 heteroatoms. The molecule has 96 valence electrons. The first-order valence-electron chi connectivity index (χ1n) is 5.50. The topological polar surface area (TPSA) is 92.4 Å². The number of carbonyl (C=O) groups excluding carboxylic acids is 2. The summed E-state index contributed by atoms with van der Waals surface area (Å²) in [4.78, 5) is 22.9. The minimum Gasteiger partial charge on any atom is -0.369 e. The van der Waals surface area contributed by atoms with E-state index in [4.69, 9.17) is 10.9 Å². The molecule has 1 aromatic rings. The van der Waals surface area contributed by atoms with Gasteiger partial charge in [-0.2, -0.15) is 0 Å². The first-order chi connectivity index (χ1) is 8.60. The molecule has 4 N–H and O–H groups in total. The van der Waals surface area contributed by atoms with Gasteiger partial charge in [0.15, 0.2) is 0 Å². The Morgan fingerprint density at radius 3 is 2.44 bits per heavy atom. The molecule has 0 aromatic heterocycles. The van der Waals surface area contributed by atoms with Gasteiger partial charge in [-0.25, -0.2) is 5.48 Å². The lowest BCUT2D eigenvalue weighted by molar-refractivity contribution is -0.138. The fraction of sp³-hybridized carbons (Fsp3) is 0.231. The third-order valence-electron chi connectivity index (χ3n) is 2.76. The summed E-state index contributed by atoms with van der Waals surface area (Å²) in [5.74, 6) is -2.89. The van der Waals surface area contributed by atoms with Crippen molar-refractivity contribution < 1.29 is 14.8 Å². The van der Waals surface area contributed by atoms with Crippen LogP contribution in [0.15, 0.2) is 43.0 Å². The lowest BCUT2D eigenvalue weighted by Gasteiger charge is -2.20. The summed E-state index contributed by atoms with van der Waals surface area (Å²) in [6, 6.07) is 9.17. The summed E-state index contributed by atoms with van der Waals surface area (Å²) >= 11 is 0. The van der Waals surface area contributed by atoms with E-state index in [0.29, 0.717) is 6.42 Å². The van der Waals surface area contributed by atoms with Crippen LogP contribution in [0.3, 0.4) is 0 Å². The number of nitrogens with two attached hydrogens (primary N) is 1. The summed E-state index contributed by atoms with van der Waals surface area (Å²) in [6.45, 7) is 3.50. The van der Waals surface area contributed by atoms with Crippen molar-refractivity contribution in [2.24, 2.45) is 17.6 Å². The van der Waals surface area contributed by atoms with Gasteiger partial charge in [0.1, 0.15) is 0 Å². The predicted octanol–water partition coefficient (Wildman–Crippen LogP) is 0.638. The maximum absolute atomic E-state index is 11.6. The normalized spacial score (nSPS) is 13.4. The number of hydrogen-bond acceptors (Lipinski definition) is 3. The molecule has 0 bridgehead atoms. The summed E-state index contributed by atoms with van der Waals surface area (Å²) < 4.78 is 0. The molecule has 0 saturated carbocycles. The van der Waals surface area contributed by atoms with E-state index in [1.807, 2.05) is 30.3 Å². The van der Waals surface area contributed by atoms with E-state index in [1.54, 1.807) is 5.48 Å². The van der Waals surface area contributed by atoms with Gasteiger partial charge in [-0.05, 0) is 12.0 Å². The molecule has 1 unspecified atom stereocenters. The molecule has 5 nitrogen and oxygen atoms in total. The number of rotatable bonds is 6. The first-order valence-corrected chi connectivity index (χ1v) is 5.50. The molecule has 0 aliphatic heterocycles. The second-order valence-corrected chi connectivity index (χ2v) is 3.94. The largest absolute Gasteiger partial charge is 0.369 e. The summed E-state index contributed by atoms with van der Waals surface area (Å²) in [7, 11) is 0. The molecule has 0 heterocycles.